The molecule has 0 spiro atoms. The van der Waals surface area contributed by atoms with Crippen molar-refractivity contribution in [2.24, 2.45) is 0 Å². The normalized spacial score (nSPS) is 9.42. The minimum Gasteiger partial charge on any atom is -0.457 e. The number of hydrogen-bond acceptors (Lipinski definition) is 5. The van der Waals surface area contributed by atoms with Gasteiger partial charge in [-0.2, -0.15) is 0 Å². The van der Waals surface area contributed by atoms with E-state index in [0.717, 1.165) is 0 Å². The highest BCUT2D eigenvalue weighted by Crippen LogP contribution is 2.04. The molecule has 0 saturated heterocycles. The molecule has 1 heterocycles. The maximum atomic E-state index is 11.1. The molecule has 0 atom stereocenters. The molecular formula is C7H7NO3S. The van der Waals surface area contributed by atoms with Gasteiger partial charge in [0.05, 0.1) is 0 Å². The zero-order chi connectivity index (χ0) is 8.97. The molecule has 0 N–H and O–H groups in total. The summed E-state index contributed by atoms with van der Waals surface area (Å²) in [6.45, 7) is 1.04. The van der Waals surface area contributed by atoms with Crippen LogP contribution in [0, 0.1) is 0 Å². The Balaban J connectivity index is 2.45. The first kappa shape index (κ1) is 8.86. The number of nitrogens with zero attached hydrogens (tertiary/aromatic N) is 1. The number of Topliss-reactive ketones (excluding diaryl/α,β-unsaturated/α-hetero) is 1. The van der Waals surface area contributed by atoms with Gasteiger partial charge >= 0.3 is 5.97 Å². The number of rotatable bonds is 3. The molecule has 0 unspecified atom stereocenters. The third kappa shape index (κ3) is 2.43. The Labute approximate surface area is 73.2 Å². The zero-order valence-electron chi connectivity index (χ0n) is 6.44. The number of hydrogen-bond donors (Lipinski definition) is 0. The molecule has 0 amide bonds. The van der Waals surface area contributed by atoms with E-state index in [1.165, 1.54) is 24.5 Å². The Kier molecular flexibility index (Phi) is 2.93. The van der Waals surface area contributed by atoms with Gasteiger partial charge in [0, 0.05) is 18.5 Å². The fraction of sp³-hybridized carbons (Fsp3) is 0.286. The molecule has 0 fully saturated rings. The van der Waals surface area contributed by atoms with Crippen molar-refractivity contribution in [3.8, 4) is 0 Å². The van der Waals surface area contributed by atoms with Gasteiger partial charge in [-0.3, -0.25) is 9.59 Å². The van der Waals surface area contributed by atoms with E-state index in [0.29, 0.717) is 5.01 Å². The summed E-state index contributed by atoms with van der Waals surface area (Å²) in [6.07, 6.45) is 1.53. The van der Waals surface area contributed by atoms with E-state index < -0.39 is 5.97 Å². The molecule has 64 valence electrons. The van der Waals surface area contributed by atoms with Crippen LogP contribution in [0.1, 0.15) is 16.7 Å². The van der Waals surface area contributed by atoms with Gasteiger partial charge in [0.1, 0.15) is 0 Å². The third-order valence-electron chi connectivity index (χ3n) is 1.08. The molecule has 0 aliphatic carbocycles. The van der Waals surface area contributed by atoms with E-state index >= 15 is 0 Å². The summed E-state index contributed by atoms with van der Waals surface area (Å²) in [5, 5.41) is 2.07. The fourth-order valence-corrected chi connectivity index (χ4v) is 1.15. The molecule has 4 nitrogen and oxygen atoms in total. The number of ketones is 1. The van der Waals surface area contributed by atoms with Gasteiger partial charge < -0.3 is 4.74 Å². The van der Waals surface area contributed by atoms with Crippen LogP contribution in [0.15, 0.2) is 11.6 Å². The molecule has 1 aromatic rings. The summed E-state index contributed by atoms with van der Waals surface area (Å²) in [5.41, 5.74) is 0. The highest BCUT2D eigenvalue weighted by molar-refractivity contribution is 7.11. The molecule has 0 aromatic carbocycles. The topological polar surface area (TPSA) is 56.3 Å². The van der Waals surface area contributed by atoms with Crippen molar-refractivity contribution in [2.45, 2.75) is 6.92 Å². The monoisotopic (exact) mass is 185 g/mol. The van der Waals surface area contributed by atoms with E-state index in [9.17, 15) is 9.59 Å². The molecule has 1 rings (SSSR count). The molecule has 1 aromatic heterocycles. The van der Waals surface area contributed by atoms with Gasteiger partial charge in [-0.05, 0) is 0 Å². The Morgan fingerprint density at radius 2 is 2.42 bits per heavy atom. The summed E-state index contributed by atoms with van der Waals surface area (Å²) in [5.74, 6) is -0.722. The minimum absolute atomic E-state index is 0.219. The van der Waals surface area contributed by atoms with Crippen LogP contribution in [0.25, 0.3) is 0 Å². The Morgan fingerprint density at radius 1 is 1.67 bits per heavy atom. The smallest absolute Gasteiger partial charge is 0.303 e. The van der Waals surface area contributed by atoms with Crippen LogP contribution in [0.2, 0.25) is 0 Å². The fourth-order valence-electron chi connectivity index (χ4n) is 0.590. The Morgan fingerprint density at radius 3 is 2.92 bits per heavy atom. The SMILES string of the molecule is CC(=O)OCC(=O)c1nccs1. The largest absolute Gasteiger partial charge is 0.457 e. The van der Waals surface area contributed by atoms with Crippen LogP contribution in [0.4, 0.5) is 0 Å². The molecule has 5 heteroatoms. The van der Waals surface area contributed by atoms with Gasteiger partial charge in [-0.25, -0.2) is 4.98 Å². The number of carbonyl (C=O) groups excluding carboxylic acids is 2. The highest BCUT2D eigenvalue weighted by Gasteiger charge is 2.09. The van der Waals surface area contributed by atoms with E-state index in [1.54, 1.807) is 5.38 Å². The average molecular weight is 185 g/mol. The number of aromatic nitrogens is 1. The van der Waals surface area contributed by atoms with Crippen molar-refractivity contribution in [3.05, 3.63) is 16.6 Å². The predicted octanol–water partition coefficient (Wildman–Crippen LogP) is 0.889. The van der Waals surface area contributed by atoms with Crippen LogP contribution < -0.4 is 0 Å². The second-order valence-electron chi connectivity index (χ2n) is 2.04. The molecular weight excluding hydrogens is 178 g/mol. The molecule has 0 saturated carbocycles. The van der Waals surface area contributed by atoms with Crippen LogP contribution in [-0.2, 0) is 9.53 Å². The lowest BCUT2D eigenvalue weighted by Gasteiger charge is -1.96. The third-order valence-corrected chi connectivity index (χ3v) is 1.89. The first-order valence-electron chi connectivity index (χ1n) is 3.26. The summed E-state index contributed by atoms with van der Waals surface area (Å²) in [4.78, 5) is 25.2. The van der Waals surface area contributed by atoms with E-state index in [-0.39, 0.29) is 12.4 Å². The zero-order valence-corrected chi connectivity index (χ0v) is 7.26. The number of carbonyl (C=O) groups is 2. The van der Waals surface area contributed by atoms with Gasteiger partial charge in [0.25, 0.3) is 0 Å². The summed E-state index contributed by atoms with van der Waals surface area (Å²) < 4.78 is 4.51. The van der Waals surface area contributed by atoms with Crippen LogP contribution in [-0.4, -0.2) is 23.3 Å². The maximum Gasteiger partial charge on any atom is 0.303 e. The second kappa shape index (κ2) is 3.96. The van der Waals surface area contributed by atoms with Crippen molar-refractivity contribution in [2.75, 3.05) is 6.61 Å². The molecule has 12 heavy (non-hydrogen) atoms. The molecule has 0 bridgehead atoms. The molecule has 0 aliphatic rings. The van der Waals surface area contributed by atoms with E-state index in [4.69, 9.17) is 0 Å². The van der Waals surface area contributed by atoms with E-state index in [2.05, 4.69) is 9.72 Å². The standard InChI is InChI=1S/C7H7NO3S/c1-5(9)11-4-6(10)7-8-2-3-12-7/h2-3H,4H2,1H3. The lowest BCUT2D eigenvalue weighted by atomic mass is 10.4. The van der Waals surface area contributed by atoms with Crippen LogP contribution in [0.3, 0.4) is 0 Å². The first-order chi connectivity index (χ1) is 5.70. The minimum atomic E-state index is -0.458. The van der Waals surface area contributed by atoms with Crippen molar-refractivity contribution < 1.29 is 14.3 Å². The van der Waals surface area contributed by atoms with Crippen molar-refractivity contribution in [1.82, 2.24) is 4.98 Å². The second-order valence-corrected chi connectivity index (χ2v) is 2.94. The van der Waals surface area contributed by atoms with Crippen molar-refractivity contribution in [1.29, 1.82) is 0 Å². The quantitative estimate of drug-likeness (QED) is 0.518. The van der Waals surface area contributed by atoms with Gasteiger partial charge in [-0.1, -0.05) is 0 Å². The number of ether oxygens (including phenoxy) is 1. The average Bonchev–Trinajstić information content (AvgIpc) is 2.51. The first-order valence-corrected chi connectivity index (χ1v) is 4.14. The molecule has 0 radical (unpaired) electrons. The van der Waals surface area contributed by atoms with Crippen LogP contribution in [0.5, 0.6) is 0 Å². The lowest BCUT2D eigenvalue weighted by molar-refractivity contribution is -0.139. The summed E-state index contributed by atoms with van der Waals surface area (Å²) >= 11 is 1.23. The Bertz CT molecular complexity index is 281. The maximum absolute atomic E-state index is 11.1. The van der Waals surface area contributed by atoms with Gasteiger partial charge in [0.15, 0.2) is 11.6 Å². The predicted molar refractivity (Wildman–Crippen MR) is 43.1 cm³/mol. The summed E-state index contributed by atoms with van der Waals surface area (Å²) in [7, 11) is 0. The molecule has 0 aliphatic heterocycles. The number of esters is 1. The highest BCUT2D eigenvalue weighted by atomic mass is 32.1. The van der Waals surface area contributed by atoms with Crippen molar-refractivity contribution >= 4 is 23.1 Å². The lowest BCUT2D eigenvalue weighted by Crippen LogP contribution is -2.11. The van der Waals surface area contributed by atoms with Gasteiger partial charge in [-0.15, -0.1) is 11.3 Å². The van der Waals surface area contributed by atoms with E-state index in [1.807, 2.05) is 0 Å². The summed E-state index contributed by atoms with van der Waals surface area (Å²) in [6, 6.07) is 0. The number of thiazole rings is 1. The van der Waals surface area contributed by atoms with Crippen LogP contribution >= 0.6 is 11.3 Å². The van der Waals surface area contributed by atoms with Gasteiger partial charge in [0.2, 0.25) is 5.78 Å². The Hall–Kier alpha value is -1.23. The van der Waals surface area contributed by atoms with Crippen molar-refractivity contribution in [3.63, 3.8) is 0 Å².